The normalized spacial score (nSPS) is 11.9. The minimum Gasteiger partial charge on any atom is -0.394 e. The number of H-pyrrole nitrogens is 1. The molecule has 0 aliphatic rings. The third kappa shape index (κ3) is 3.74. The first-order chi connectivity index (χ1) is 8.58. The van der Waals surface area contributed by atoms with Crippen LogP contribution >= 0.6 is 0 Å². The van der Waals surface area contributed by atoms with Gasteiger partial charge < -0.3 is 9.84 Å². The van der Waals surface area contributed by atoms with Crippen molar-refractivity contribution in [3.8, 4) is 0 Å². The molecule has 0 bridgehead atoms. The Labute approximate surface area is 101 Å². The molecule has 0 saturated carbocycles. The van der Waals surface area contributed by atoms with E-state index < -0.39 is 17.4 Å². The van der Waals surface area contributed by atoms with E-state index in [0.29, 0.717) is 5.56 Å². The molecule has 0 radical (unpaired) electrons. The van der Waals surface area contributed by atoms with Crippen LogP contribution in [0.2, 0.25) is 0 Å². The van der Waals surface area contributed by atoms with Crippen LogP contribution in [-0.4, -0.2) is 33.9 Å². The molecular weight excluding hydrogens is 242 g/mol. The van der Waals surface area contributed by atoms with E-state index >= 15 is 0 Å². The molecule has 9 nitrogen and oxygen atoms in total. The number of azide groups is 1. The second-order valence-corrected chi connectivity index (χ2v) is 3.55. The van der Waals surface area contributed by atoms with Gasteiger partial charge in [0.1, 0.15) is 6.73 Å². The molecule has 0 amide bonds. The largest absolute Gasteiger partial charge is 0.394 e. The molecule has 0 aromatic carbocycles. The Hall–Kier alpha value is -2.09. The average Bonchev–Trinajstić information content (AvgIpc) is 2.35. The molecule has 1 aromatic heterocycles. The summed E-state index contributed by atoms with van der Waals surface area (Å²) in [6.07, 6.45) is 0.656. The monoisotopic (exact) mass is 255 g/mol. The van der Waals surface area contributed by atoms with E-state index in [-0.39, 0.29) is 19.9 Å². The van der Waals surface area contributed by atoms with E-state index in [2.05, 4.69) is 15.0 Å². The van der Waals surface area contributed by atoms with Crippen LogP contribution in [0.15, 0.2) is 20.9 Å². The van der Waals surface area contributed by atoms with Crippen molar-refractivity contribution >= 4 is 0 Å². The number of aromatic amines is 1. The number of aliphatic hydroxyl groups is 1. The number of hydrogen-bond acceptors (Lipinski definition) is 5. The van der Waals surface area contributed by atoms with Gasteiger partial charge in [0.05, 0.1) is 19.3 Å². The molecule has 9 heteroatoms. The van der Waals surface area contributed by atoms with Crippen molar-refractivity contribution in [2.45, 2.75) is 19.8 Å². The van der Waals surface area contributed by atoms with Crippen LogP contribution in [-0.2, 0) is 11.5 Å². The summed E-state index contributed by atoms with van der Waals surface area (Å²) >= 11 is 0. The van der Waals surface area contributed by atoms with Crippen molar-refractivity contribution in [1.82, 2.24) is 9.55 Å². The Morgan fingerprint density at radius 1 is 1.67 bits per heavy atom. The molecule has 0 aliphatic carbocycles. The van der Waals surface area contributed by atoms with Crippen LogP contribution in [0.3, 0.4) is 0 Å². The summed E-state index contributed by atoms with van der Waals surface area (Å²) in [7, 11) is 0. The van der Waals surface area contributed by atoms with Crippen molar-refractivity contribution < 1.29 is 9.84 Å². The van der Waals surface area contributed by atoms with Gasteiger partial charge in [-0.25, -0.2) is 4.79 Å². The number of aliphatic hydroxyl groups excluding tert-OH is 1. The Morgan fingerprint density at radius 3 is 3.00 bits per heavy atom. The first-order valence-corrected chi connectivity index (χ1v) is 5.12. The first kappa shape index (κ1) is 14.0. The van der Waals surface area contributed by atoms with E-state index in [1.807, 2.05) is 0 Å². The summed E-state index contributed by atoms with van der Waals surface area (Å²) < 4.78 is 6.33. The molecule has 98 valence electrons. The molecule has 2 N–H and O–H groups in total. The number of nitrogens with zero attached hydrogens (tertiary/aromatic N) is 4. The Bertz CT molecular complexity index is 557. The smallest absolute Gasteiger partial charge is 0.330 e. The zero-order chi connectivity index (χ0) is 13.5. The highest BCUT2D eigenvalue weighted by atomic mass is 16.5. The fourth-order valence-corrected chi connectivity index (χ4v) is 1.19. The number of ether oxygens (including phenoxy) is 1. The highest BCUT2D eigenvalue weighted by Crippen LogP contribution is 1.95. The minimum atomic E-state index is -0.694. The van der Waals surface area contributed by atoms with E-state index in [1.165, 1.54) is 6.20 Å². The number of nitrogens with one attached hydrogen (secondary N) is 1. The molecule has 0 spiro atoms. The van der Waals surface area contributed by atoms with Crippen molar-refractivity contribution in [3.63, 3.8) is 0 Å². The molecule has 0 fully saturated rings. The third-order valence-electron chi connectivity index (χ3n) is 2.19. The maximum atomic E-state index is 11.4. The van der Waals surface area contributed by atoms with Crippen LogP contribution in [0.1, 0.15) is 5.56 Å². The van der Waals surface area contributed by atoms with Crippen LogP contribution in [0.4, 0.5) is 0 Å². The average molecular weight is 255 g/mol. The van der Waals surface area contributed by atoms with Gasteiger partial charge in [-0.2, -0.15) is 0 Å². The molecule has 1 heterocycles. The Kier molecular flexibility index (Phi) is 5.12. The highest BCUT2D eigenvalue weighted by Gasteiger charge is 2.08. The molecular formula is C9H13N5O4. The molecule has 1 atom stereocenters. The van der Waals surface area contributed by atoms with Crippen molar-refractivity contribution in [2.24, 2.45) is 5.11 Å². The fraction of sp³-hybridized carbons (Fsp3) is 0.556. The van der Waals surface area contributed by atoms with Gasteiger partial charge in [0, 0.05) is 16.7 Å². The summed E-state index contributed by atoms with van der Waals surface area (Å²) in [4.78, 5) is 27.2. The lowest BCUT2D eigenvalue weighted by Gasteiger charge is -2.13. The van der Waals surface area contributed by atoms with Crippen LogP contribution < -0.4 is 11.2 Å². The number of aromatic nitrogens is 2. The van der Waals surface area contributed by atoms with Crippen molar-refractivity contribution in [3.05, 3.63) is 43.0 Å². The van der Waals surface area contributed by atoms with Crippen LogP contribution in [0.5, 0.6) is 0 Å². The molecule has 0 unspecified atom stereocenters. The topological polar surface area (TPSA) is 133 Å². The maximum absolute atomic E-state index is 11.4. The summed E-state index contributed by atoms with van der Waals surface area (Å²) in [5.41, 5.74) is 7.44. The van der Waals surface area contributed by atoms with Crippen LogP contribution in [0, 0.1) is 6.92 Å². The lowest BCUT2D eigenvalue weighted by molar-refractivity contribution is -0.0199. The summed E-state index contributed by atoms with van der Waals surface area (Å²) in [6, 6.07) is 0. The van der Waals surface area contributed by atoms with Crippen molar-refractivity contribution in [1.29, 1.82) is 0 Å². The number of hydrogen-bond donors (Lipinski definition) is 2. The standard InChI is InChI=1S/C9H13N5O4/c1-6-3-14(9(17)12-8(6)16)5-18-7(4-15)2-11-13-10/h3,7,15H,2,4-5H2,1H3,(H,12,16,17)/t7-/m0/s1. The molecule has 1 rings (SSSR count). The number of rotatable bonds is 6. The van der Waals surface area contributed by atoms with Crippen LogP contribution in [0.25, 0.3) is 10.4 Å². The lowest BCUT2D eigenvalue weighted by Crippen LogP contribution is -2.33. The zero-order valence-electron chi connectivity index (χ0n) is 9.74. The Morgan fingerprint density at radius 2 is 2.39 bits per heavy atom. The van der Waals surface area contributed by atoms with Gasteiger partial charge in [-0.05, 0) is 12.5 Å². The van der Waals surface area contributed by atoms with Gasteiger partial charge in [0.15, 0.2) is 0 Å². The predicted molar refractivity (Wildman–Crippen MR) is 62.0 cm³/mol. The third-order valence-corrected chi connectivity index (χ3v) is 2.19. The van der Waals surface area contributed by atoms with Gasteiger partial charge in [-0.3, -0.25) is 14.3 Å². The predicted octanol–water partition coefficient (Wildman–Crippen LogP) is -0.510. The summed E-state index contributed by atoms with van der Waals surface area (Å²) in [5.74, 6) is 0. The van der Waals surface area contributed by atoms with Gasteiger partial charge in [0.25, 0.3) is 5.56 Å². The molecule has 1 aromatic rings. The fourth-order valence-electron chi connectivity index (χ4n) is 1.19. The van der Waals surface area contributed by atoms with Gasteiger partial charge in [0.2, 0.25) is 0 Å². The minimum absolute atomic E-state index is 0.0376. The highest BCUT2D eigenvalue weighted by molar-refractivity contribution is 5.00. The van der Waals surface area contributed by atoms with Gasteiger partial charge in [-0.15, -0.1) is 0 Å². The second kappa shape index (κ2) is 6.60. The van der Waals surface area contributed by atoms with Crippen molar-refractivity contribution in [2.75, 3.05) is 13.2 Å². The van der Waals surface area contributed by atoms with Gasteiger partial charge >= 0.3 is 5.69 Å². The summed E-state index contributed by atoms with van der Waals surface area (Å²) in [6.45, 7) is 1.03. The lowest BCUT2D eigenvalue weighted by atomic mass is 10.4. The van der Waals surface area contributed by atoms with E-state index in [9.17, 15) is 9.59 Å². The number of aryl methyl sites for hydroxylation is 1. The molecule has 0 aliphatic heterocycles. The van der Waals surface area contributed by atoms with E-state index in [1.54, 1.807) is 6.92 Å². The Balaban J connectivity index is 2.73. The second-order valence-electron chi connectivity index (χ2n) is 3.55. The molecule has 0 saturated heterocycles. The van der Waals surface area contributed by atoms with E-state index in [4.69, 9.17) is 15.4 Å². The SMILES string of the molecule is Cc1cn(CO[C@H](CO)CN=[N+]=[N-])c(=O)[nH]c1=O. The van der Waals surface area contributed by atoms with E-state index in [0.717, 1.165) is 4.57 Å². The molecule has 18 heavy (non-hydrogen) atoms. The first-order valence-electron chi connectivity index (χ1n) is 5.12. The summed E-state index contributed by atoms with van der Waals surface area (Å²) in [5, 5.41) is 12.2. The quantitative estimate of drug-likeness (QED) is 0.402. The maximum Gasteiger partial charge on any atom is 0.330 e. The zero-order valence-corrected chi connectivity index (χ0v) is 9.74. The van der Waals surface area contributed by atoms with Gasteiger partial charge in [-0.1, -0.05) is 5.11 Å².